The zero-order valence-electron chi connectivity index (χ0n) is 19.4. The molecule has 0 radical (unpaired) electrons. The molecule has 6 rings (SSSR count). The number of rotatable bonds is 6. The van der Waals surface area contributed by atoms with Crippen molar-refractivity contribution in [2.45, 2.75) is 36.2 Å². The van der Waals surface area contributed by atoms with Crippen LogP contribution in [0.15, 0.2) is 50.9 Å². The van der Waals surface area contributed by atoms with E-state index in [-0.39, 0.29) is 38.1 Å². The predicted octanol–water partition coefficient (Wildman–Crippen LogP) is 3.45. The molecule has 2 saturated carbocycles. The average Bonchev–Trinajstić information content (AvgIpc) is 3.79. The summed E-state index contributed by atoms with van der Waals surface area (Å²) in [6, 6.07) is 2.55. The van der Waals surface area contributed by atoms with Crippen molar-refractivity contribution in [3.05, 3.63) is 57.6 Å². The van der Waals surface area contributed by atoms with E-state index in [2.05, 4.69) is 39.8 Å². The molecule has 0 aliphatic heterocycles. The Morgan fingerprint density at radius 3 is 1.92 bits per heavy atom. The maximum absolute atomic E-state index is 11.8. The van der Waals surface area contributed by atoms with Gasteiger partial charge in [-0.1, -0.05) is 33.5 Å². The van der Waals surface area contributed by atoms with E-state index in [9.17, 15) is 21.6 Å². The van der Waals surface area contributed by atoms with Gasteiger partial charge in [-0.25, -0.2) is 8.42 Å². The summed E-state index contributed by atoms with van der Waals surface area (Å²) in [5.74, 6) is 0.0232. The summed E-state index contributed by atoms with van der Waals surface area (Å²) < 4.78 is 58.3. The van der Waals surface area contributed by atoms with Gasteiger partial charge in [0.1, 0.15) is 29.1 Å². The molecule has 208 valence electrons. The zero-order chi connectivity index (χ0) is 28.2. The minimum Gasteiger partial charge on any atom is -0.380 e. The summed E-state index contributed by atoms with van der Waals surface area (Å²) in [7, 11) is -1.90. The van der Waals surface area contributed by atoms with E-state index < -0.39 is 24.4 Å². The van der Waals surface area contributed by atoms with E-state index in [4.69, 9.17) is 38.1 Å². The van der Waals surface area contributed by atoms with Gasteiger partial charge in [0, 0.05) is 22.8 Å². The van der Waals surface area contributed by atoms with Crippen LogP contribution in [-0.4, -0.2) is 58.0 Å². The monoisotopic (exact) mass is 638 g/mol. The van der Waals surface area contributed by atoms with Crippen LogP contribution in [0, 0.1) is 0 Å². The van der Waals surface area contributed by atoms with E-state index in [1.165, 1.54) is 37.1 Å². The van der Waals surface area contributed by atoms with Crippen LogP contribution >= 0.6 is 33.9 Å². The van der Waals surface area contributed by atoms with Crippen LogP contribution in [-0.2, 0) is 19.2 Å². The Morgan fingerprint density at radius 1 is 0.872 bits per heavy atom. The second-order valence-electron chi connectivity index (χ2n) is 8.09. The van der Waals surface area contributed by atoms with Crippen LogP contribution in [0.5, 0.6) is 5.75 Å². The van der Waals surface area contributed by atoms with E-state index in [1.54, 1.807) is 0 Å². The number of nitrogens with one attached hydrogen (secondary N) is 1. The summed E-state index contributed by atoms with van der Waals surface area (Å²) in [6.07, 6.45) is 8.17. The normalized spacial score (nSPS) is 14.9. The molecule has 0 spiro atoms. The molecule has 1 N–H and O–H groups in total. The van der Waals surface area contributed by atoms with Crippen molar-refractivity contribution in [1.29, 1.82) is 0 Å². The lowest BCUT2D eigenvalue weighted by Crippen LogP contribution is -2.15. The predicted molar refractivity (Wildman–Crippen MR) is 138 cm³/mol. The van der Waals surface area contributed by atoms with Gasteiger partial charge >= 0.3 is 10.1 Å². The maximum Gasteiger partial charge on any atom is 0.312 e. The van der Waals surface area contributed by atoms with Gasteiger partial charge in [-0.2, -0.15) is 13.5 Å². The molecule has 2 aliphatic carbocycles. The molecule has 0 amide bonds. The van der Waals surface area contributed by atoms with E-state index in [0.29, 0.717) is 24.0 Å². The number of nitrogens with zero attached hydrogens (tertiary/aromatic N) is 5. The summed E-state index contributed by atoms with van der Waals surface area (Å²) >= 11 is 11.2. The molecule has 0 unspecified atom stereocenters. The van der Waals surface area contributed by atoms with Crippen molar-refractivity contribution in [2.24, 2.45) is 0 Å². The number of halogens is 3. The van der Waals surface area contributed by atoms with Gasteiger partial charge in [-0.15, -0.1) is 10.2 Å². The fourth-order valence-corrected chi connectivity index (χ4v) is 5.48. The van der Waals surface area contributed by atoms with Crippen molar-refractivity contribution >= 4 is 53.1 Å². The molecular formula is C20H17Cl3N6O8S2. The summed E-state index contributed by atoms with van der Waals surface area (Å²) in [5.41, 5.74) is 1.18. The SMILES string of the molecule is O=S(=O)(Cl)C1CC1.O=S(=O)(Oc1cc(Cl)nnc1-c1cnoc1)C1CC1.O=c1cc(Cl)[nH]nc1-c1cnoc1. The first-order valence-electron chi connectivity index (χ1n) is 10.9. The van der Waals surface area contributed by atoms with E-state index in [0.717, 1.165) is 12.8 Å². The molecular weight excluding hydrogens is 623 g/mol. The molecule has 0 aromatic carbocycles. The van der Waals surface area contributed by atoms with Crippen LogP contribution in [0.3, 0.4) is 0 Å². The van der Waals surface area contributed by atoms with Crippen LogP contribution in [0.2, 0.25) is 10.3 Å². The van der Waals surface area contributed by atoms with Crippen LogP contribution in [0.25, 0.3) is 22.5 Å². The standard InChI is InChI=1S/C10H8ClN3O4S.C7H4ClN3O2.C3H5ClO2S/c11-9-3-8(18-19(15,16)7-1-2-7)10(14-13-9)6-4-12-17-5-6;8-6-1-5(12)7(11-10-6)4-2-9-13-3-4;4-7(5,6)3-1-2-3/h3-5,7H,1-2H2;1-3H,(H,10,12);3H,1-2H2. The first-order chi connectivity index (χ1) is 18.4. The van der Waals surface area contributed by atoms with Crippen LogP contribution < -0.4 is 9.61 Å². The Morgan fingerprint density at radius 2 is 1.46 bits per heavy atom. The first kappa shape index (κ1) is 28.9. The Bertz CT molecular complexity index is 1690. The third kappa shape index (κ3) is 8.22. The molecule has 4 heterocycles. The van der Waals surface area contributed by atoms with Gasteiger partial charge in [0.05, 0.1) is 34.0 Å². The fourth-order valence-electron chi connectivity index (χ4n) is 2.75. The largest absolute Gasteiger partial charge is 0.380 e. The number of hydrogen-bond acceptors (Lipinski definition) is 13. The first-order valence-corrected chi connectivity index (χ1v) is 15.5. The second kappa shape index (κ2) is 12.0. The Kier molecular flexibility index (Phi) is 8.90. The van der Waals surface area contributed by atoms with E-state index >= 15 is 0 Å². The lowest BCUT2D eigenvalue weighted by molar-refractivity contribution is 0.420. The third-order valence-electron chi connectivity index (χ3n) is 4.97. The highest BCUT2D eigenvalue weighted by molar-refractivity contribution is 8.14. The topological polar surface area (TPSA) is 201 Å². The van der Waals surface area contributed by atoms with Gasteiger partial charge < -0.3 is 13.2 Å². The molecule has 4 aromatic rings. The van der Waals surface area contributed by atoms with Crippen molar-refractivity contribution in [1.82, 2.24) is 30.7 Å². The van der Waals surface area contributed by atoms with Gasteiger partial charge in [0.15, 0.2) is 10.9 Å². The number of aromatic nitrogens is 6. The maximum atomic E-state index is 11.8. The zero-order valence-corrected chi connectivity index (χ0v) is 23.3. The van der Waals surface area contributed by atoms with E-state index in [1.807, 2.05) is 0 Å². The quantitative estimate of drug-likeness (QED) is 0.238. The minimum absolute atomic E-state index is 0.0232. The number of aromatic amines is 1. The summed E-state index contributed by atoms with van der Waals surface area (Å²) in [5, 5.41) is 20.3. The van der Waals surface area contributed by atoms with Gasteiger partial charge in [-0.05, 0) is 25.7 Å². The van der Waals surface area contributed by atoms with Crippen LogP contribution in [0.4, 0.5) is 0 Å². The molecule has 14 nitrogen and oxygen atoms in total. The lowest BCUT2D eigenvalue weighted by Gasteiger charge is -2.08. The molecule has 19 heteroatoms. The lowest BCUT2D eigenvalue weighted by atomic mass is 10.2. The van der Waals surface area contributed by atoms with Gasteiger partial charge in [-0.3, -0.25) is 9.89 Å². The Hall–Kier alpha value is -3.05. The average molecular weight is 640 g/mol. The highest BCUT2D eigenvalue weighted by Crippen LogP contribution is 2.35. The molecule has 2 fully saturated rings. The van der Waals surface area contributed by atoms with Gasteiger partial charge in [0.2, 0.25) is 14.5 Å². The minimum atomic E-state index is -3.65. The molecule has 0 atom stereocenters. The summed E-state index contributed by atoms with van der Waals surface area (Å²) in [4.78, 5) is 11.3. The van der Waals surface area contributed by atoms with Crippen molar-refractivity contribution in [3.63, 3.8) is 0 Å². The Labute approximate surface area is 235 Å². The van der Waals surface area contributed by atoms with Crippen molar-refractivity contribution in [3.8, 4) is 28.3 Å². The Balaban J connectivity index is 0.000000152. The van der Waals surface area contributed by atoms with Crippen LogP contribution in [0.1, 0.15) is 25.7 Å². The fraction of sp³-hybridized carbons (Fsp3) is 0.300. The number of hydrogen-bond donors (Lipinski definition) is 1. The smallest absolute Gasteiger partial charge is 0.312 e. The molecule has 39 heavy (non-hydrogen) atoms. The molecule has 2 aliphatic rings. The molecule has 4 aromatic heterocycles. The molecule has 0 saturated heterocycles. The number of H-pyrrole nitrogens is 1. The second-order valence-corrected chi connectivity index (χ2v) is 13.6. The third-order valence-corrected chi connectivity index (χ3v) is 9.07. The highest BCUT2D eigenvalue weighted by Gasteiger charge is 2.38. The summed E-state index contributed by atoms with van der Waals surface area (Å²) in [6.45, 7) is 0. The van der Waals surface area contributed by atoms with Gasteiger partial charge in [0.25, 0.3) is 0 Å². The highest BCUT2D eigenvalue weighted by atomic mass is 35.7. The van der Waals surface area contributed by atoms with Crippen molar-refractivity contribution < 1.29 is 30.1 Å². The van der Waals surface area contributed by atoms with Crippen molar-refractivity contribution in [2.75, 3.05) is 0 Å². The molecule has 0 bridgehead atoms.